The molecule has 1 unspecified atom stereocenters. The smallest absolute Gasteiger partial charge is 0.265 e. The zero-order chi connectivity index (χ0) is 17.4. The van der Waals surface area contributed by atoms with Crippen molar-refractivity contribution in [1.29, 1.82) is 0 Å². The van der Waals surface area contributed by atoms with E-state index < -0.39 is 6.10 Å². The summed E-state index contributed by atoms with van der Waals surface area (Å²) in [6, 6.07) is 14.2. The Morgan fingerprint density at radius 1 is 1.21 bits per heavy atom. The van der Waals surface area contributed by atoms with Crippen molar-refractivity contribution in [2.75, 3.05) is 18.5 Å². The molecule has 0 aliphatic rings. The minimum absolute atomic E-state index is 0.229. The quantitative estimate of drug-likeness (QED) is 0.766. The van der Waals surface area contributed by atoms with Crippen LogP contribution in [-0.4, -0.2) is 25.2 Å². The van der Waals surface area contributed by atoms with Crippen molar-refractivity contribution in [3.63, 3.8) is 0 Å². The van der Waals surface area contributed by atoms with Crippen molar-refractivity contribution in [2.24, 2.45) is 5.73 Å². The molecule has 1 atom stereocenters. The molecule has 3 N–H and O–H groups in total. The van der Waals surface area contributed by atoms with Crippen LogP contribution in [0.5, 0.6) is 11.5 Å². The molecule has 0 bridgehead atoms. The number of rotatable bonds is 8. The molecule has 0 heterocycles. The number of halogens is 1. The van der Waals surface area contributed by atoms with Crippen LogP contribution in [0.4, 0.5) is 5.69 Å². The monoisotopic (exact) mass is 348 g/mol. The highest BCUT2D eigenvalue weighted by molar-refractivity contribution is 6.32. The number of carbonyl (C=O) groups excluding carboxylic acids is 1. The molecule has 2 aromatic rings. The van der Waals surface area contributed by atoms with Gasteiger partial charge in [0.05, 0.1) is 5.02 Å². The number of amides is 1. The van der Waals surface area contributed by atoms with E-state index in [1.165, 1.54) is 0 Å². The molecule has 0 radical (unpaired) electrons. The first-order chi connectivity index (χ1) is 11.6. The number of para-hydroxylation sites is 1. The maximum Gasteiger partial charge on any atom is 0.265 e. The van der Waals surface area contributed by atoms with Gasteiger partial charge in [-0.1, -0.05) is 30.7 Å². The molecule has 0 aromatic heterocycles. The molecule has 2 aromatic carbocycles. The summed E-state index contributed by atoms with van der Waals surface area (Å²) in [6.45, 7) is 2.79. The summed E-state index contributed by atoms with van der Waals surface area (Å²) in [7, 11) is 0. The first kappa shape index (κ1) is 18.1. The average molecular weight is 349 g/mol. The molecule has 2 rings (SSSR count). The second-order valence-corrected chi connectivity index (χ2v) is 5.50. The lowest BCUT2D eigenvalue weighted by Crippen LogP contribution is -2.32. The van der Waals surface area contributed by atoms with E-state index >= 15 is 0 Å². The summed E-state index contributed by atoms with van der Waals surface area (Å²) in [6.07, 6.45) is -0.104. The molecule has 0 saturated heterocycles. The van der Waals surface area contributed by atoms with Gasteiger partial charge in [-0.25, -0.2) is 0 Å². The van der Waals surface area contributed by atoms with E-state index in [1.54, 1.807) is 36.4 Å². The molecule has 0 aliphatic heterocycles. The van der Waals surface area contributed by atoms with Crippen molar-refractivity contribution in [3.05, 3.63) is 53.6 Å². The number of benzene rings is 2. The van der Waals surface area contributed by atoms with Gasteiger partial charge in [0.15, 0.2) is 6.10 Å². The van der Waals surface area contributed by atoms with Gasteiger partial charge >= 0.3 is 0 Å². The summed E-state index contributed by atoms with van der Waals surface area (Å²) in [4.78, 5) is 12.4. The standard InChI is InChI=1S/C18H21ClN2O3/c1-2-16(24-17-6-4-3-5-15(17)19)18(22)21-13-7-9-14(10-8-13)23-12-11-20/h3-10,16H,2,11-12,20H2,1H3,(H,21,22). The van der Waals surface area contributed by atoms with Crippen LogP contribution in [0.25, 0.3) is 0 Å². The Balaban J connectivity index is 1.97. The van der Waals surface area contributed by atoms with Crippen molar-refractivity contribution in [3.8, 4) is 11.5 Å². The zero-order valence-corrected chi connectivity index (χ0v) is 14.3. The van der Waals surface area contributed by atoms with Crippen LogP contribution in [-0.2, 0) is 4.79 Å². The second-order valence-electron chi connectivity index (χ2n) is 5.10. The first-order valence-corrected chi connectivity index (χ1v) is 8.16. The summed E-state index contributed by atoms with van der Waals surface area (Å²) >= 11 is 6.07. The Bertz CT molecular complexity index is 662. The van der Waals surface area contributed by atoms with Crippen molar-refractivity contribution >= 4 is 23.2 Å². The fourth-order valence-corrected chi connectivity index (χ4v) is 2.23. The van der Waals surface area contributed by atoms with Gasteiger partial charge < -0.3 is 20.5 Å². The summed E-state index contributed by atoms with van der Waals surface area (Å²) in [5, 5.41) is 3.31. The highest BCUT2D eigenvalue weighted by Crippen LogP contribution is 2.25. The normalized spacial score (nSPS) is 11.6. The van der Waals surface area contributed by atoms with Crippen LogP contribution in [0.1, 0.15) is 13.3 Å². The Morgan fingerprint density at radius 2 is 1.92 bits per heavy atom. The van der Waals surface area contributed by atoms with E-state index in [-0.39, 0.29) is 5.91 Å². The maximum absolute atomic E-state index is 12.4. The number of nitrogens with one attached hydrogen (secondary N) is 1. The molecular weight excluding hydrogens is 328 g/mol. The van der Waals surface area contributed by atoms with Crippen LogP contribution in [0.2, 0.25) is 5.02 Å². The molecule has 24 heavy (non-hydrogen) atoms. The molecule has 0 saturated carbocycles. The summed E-state index contributed by atoms with van der Waals surface area (Å²) in [5.41, 5.74) is 6.06. The number of hydrogen-bond acceptors (Lipinski definition) is 4. The fourth-order valence-electron chi connectivity index (χ4n) is 2.05. The molecule has 128 valence electrons. The predicted molar refractivity (Wildman–Crippen MR) is 95.8 cm³/mol. The summed E-state index contributed by atoms with van der Waals surface area (Å²) in [5.74, 6) is 0.970. The lowest BCUT2D eigenvalue weighted by Gasteiger charge is -2.18. The first-order valence-electron chi connectivity index (χ1n) is 7.79. The fraction of sp³-hybridized carbons (Fsp3) is 0.278. The lowest BCUT2D eigenvalue weighted by atomic mass is 10.2. The third kappa shape index (κ3) is 5.15. The largest absolute Gasteiger partial charge is 0.492 e. The minimum Gasteiger partial charge on any atom is -0.492 e. The van der Waals surface area contributed by atoms with Crippen molar-refractivity contribution < 1.29 is 14.3 Å². The van der Waals surface area contributed by atoms with Crippen LogP contribution >= 0.6 is 11.6 Å². The number of nitrogens with two attached hydrogens (primary N) is 1. The Kier molecular flexibility index (Phi) is 6.90. The Morgan fingerprint density at radius 3 is 2.54 bits per heavy atom. The van der Waals surface area contributed by atoms with Crippen molar-refractivity contribution in [1.82, 2.24) is 0 Å². The molecule has 0 fully saturated rings. The van der Waals surface area contributed by atoms with Crippen LogP contribution in [0.15, 0.2) is 48.5 Å². The minimum atomic E-state index is -0.627. The molecular formula is C18H21ClN2O3. The number of ether oxygens (including phenoxy) is 2. The van der Waals surface area contributed by atoms with Gasteiger partial charge in [-0.05, 0) is 42.8 Å². The Hall–Kier alpha value is -2.24. The topological polar surface area (TPSA) is 73.6 Å². The van der Waals surface area contributed by atoms with E-state index in [2.05, 4.69) is 5.32 Å². The van der Waals surface area contributed by atoms with Crippen molar-refractivity contribution in [2.45, 2.75) is 19.4 Å². The third-order valence-corrected chi connectivity index (χ3v) is 3.59. The highest BCUT2D eigenvalue weighted by atomic mass is 35.5. The highest BCUT2D eigenvalue weighted by Gasteiger charge is 2.19. The van der Waals surface area contributed by atoms with E-state index in [0.29, 0.717) is 41.8 Å². The third-order valence-electron chi connectivity index (χ3n) is 3.28. The van der Waals surface area contributed by atoms with Gasteiger partial charge in [0, 0.05) is 12.2 Å². The van der Waals surface area contributed by atoms with Gasteiger partial charge in [-0.3, -0.25) is 4.79 Å². The van der Waals surface area contributed by atoms with Crippen LogP contribution in [0, 0.1) is 0 Å². The molecule has 0 spiro atoms. The number of carbonyl (C=O) groups is 1. The zero-order valence-electron chi connectivity index (χ0n) is 13.5. The van der Waals surface area contributed by atoms with Gasteiger partial charge in [-0.15, -0.1) is 0 Å². The van der Waals surface area contributed by atoms with Gasteiger partial charge in [0.2, 0.25) is 0 Å². The average Bonchev–Trinajstić information content (AvgIpc) is 2.60. The summed E-state index contributed by atoms with van der Waals surface area (Å²) < 4.78 is 11.1. The lowest BCUT2D eigenvalue weighted by molar-refractivity contribution is -0.122. The number of anilines is 1. The van der Waals surface area contributed by atoms with Crippen LogP contribution in [0.3, 0.4) is 0 Å². The SMILES string of the molecule is CCC(Oc1ccccc1Cl)C(=O)Nc1ccc(OCCN)cc1. The van der Waals surface area contributed by atoms with E-state index in [0.717, 1.165) is 0 Å². The predicted octanol–water partition coefficient (Wildman–Crippen LogP) is 3.47. The molecule has 1 amide bonds. The van der Waals surface area contributed by atoms with Gasteiger partial charge in [-0.2, -0.15) is 0 Å². The number of hydrogen-bond donors (Lipinski definition) is 2. The van der Waals surface area contributed by atoms with E-state index in [4.69, 9.17) is 26.8 Å². The second kappa shape index (κ2) is 9.15. The maximum atomic E-state index is 12.4. The van der Waals surface area contributed by atoms with E-state index in [9.17, 15) is 4.79 Å². The van der Waals surface area contributed by atoms with Gasteiger partial charge in [0.1, 0.15) is 18.1 Å². The van der Waals surface area contributed by atoms with E-state index in [1.807, 2.05) is 19.1 Å². The molecule has 6 heteroatoms. The molecule has 5 nitrogen and oxygen atoms in total. The van der Waals surface area contributed by atoms with Gasteiger partial charge in [0.25, 0.3) is 5.91 Å². The molecule has 0 aliphatic carbocycles. The Labute approximate surface area is 146 Å². The van der Waals surface area contributed by atoms with Crippen LogP contribution < -0.4 is 20.5 Å².